The maximum Gasteiger partial charge on any atom is 0.249 e. The summed E-state index contributed by atoms with van der Waals surface area (Å²) in [5.41, 5.74) is 0.789. The summed E-state index contributed by atoms with van der Waals surface area (Å²) in [7, 11) is -1.87. The third-order valence-electron chi connectivity index (χ3n) is 3.67. The third kappa shape index (κ3) is 2.36. The molecule has 0 atom stereocenters. The Morgan fingerprint density at radius 3 is 2.18 bits per heavy atom. The molecular weight excluding hydrogens is 230 g/mol. The number of imide groups is 1. The Hall–Kier alpha value is -0.903. The Morgan fingerprint density at radius 2 is 1.71 bits per heavy atom. The van der Waals surface area contributed by atoms with Crippen LogP contribution < -0.4 is 0 Å². The minimum Gasteiger partial charge on any atom is -0.305 e. The van der Waals surface area contributed by atoms with Crippen molar-refractivity contribution in [1.29, 1.82) is 0 Å². The molecule has 17 heavy (non-hydrogen) atoms. The van der Waals surface area contributed by atoms with Gasteiger partial charge in [-0.25, -0.2) is 0 Å². The molecule has 0 unspecified atom stereocenters. The number of carbonyl (C=O) groups is 2. The maximum atomic E-state index is 12.3. The molecule has 0 aromatic carbocycles. The van der Waals surface area contributed by atoms with Crippen molar-refractivity contribution in [2.45, 2.75) is 51.7 Å². The standard InChI is InChI=1S/C13H21NO2Si/c1-17(2,3)14-12(15)9-11(13(14)16)10-7-5-4-6-8-10/h9-10H,4-8H2,1-3H3. The minimum atomic E-state index is -1.87. The highest BCUT2D eigenvalue weighted by molar-refractivity contribution is 6.79. The summed E-state index contributed by atoms with van der Waals surface area (Å²) < 4.78 is 1.54. The van der Waals surface area contributed by atoms with E-state index in [1.54, 1.807) is 6.08 Å². The highest BCUT2D eigenvalue weighted by atomic mass is 28.3. The van der Waals surface area contributed by atoms with E-state index in [4.69, 9.17) is 0 Å². The van der Waals surface area contributed by atoms with Gasteiger partial charge in [0.15, 0.2) is 8.24 Å². The van der Waals surface area contributed by atoms with Gasteiger partial charge in [0.05, 0.1) is 0 Å². The van der Waals surface area contributed by atoms with E-state index in [1.165, 1.54) is 23.8 Å². The molecule has 2 rings (SSSR count). The molecule has 0 N–H and O–H groups in total. The second kappa shape index (κ2) is 4.41. The lowest BCUT2D eigenvalue weighted by molar-refractivity contribution is -0.132. The molecule has 0 aromatic heterocycles. The molecule has 0 spiro atoms. The molecule has 0 saturated heterocycles. The van der Waals surface area contributed by atoms with Crippen molar-refractivity contribution in [3.63, 3.8) is 0 Å². The third-order valence-corrected chi connectivity index (χ3v) is 5.43. The monoisotopic (exact) mass is 251 g/mol. The highest BCUT2D eigenvalue weighted by Gasteiger charge is 2.41. The van der Waals surface area contributed by atoms with Gasteiger partial charge in [0, 0.05) is 11.6 Å². The Morgan fingerprint density at radius 1 is 1.12 bits per heavy atom. The first-order valence-electron chi connectivity index (χ1n) is 6.51. The average Bonchev–Trinajstić information content (AvgIpc) is 2.54. The molecule has 2 amide bonds. The quantitative estimate of drug-likeness (QED) is 0.559. The fourth-order valence-corrected chi connectivity index (χ4v) is 4.29. The van der Waals surface area contributed by atoms with Crippen LogP contribution in [0, 0.1) is 5.92 Å². The summed E-state index contributed by atoms with van der Waals surface area (Å²) in [4.78, 5) is 24.3. The molecule has 1 aliphatic heterocycles. The zero-order valence-corrected chi connectivity index (χ0v) is 12.0. The van der Waals surface area contributed by atoms with Gasteiger partial charge in [-0.3, -0.25) is 9.59 Å². The molecule has 1 fully saturated rings. The van der Waals surface area contributed by atoms with E-state index < -0.39 is 8.24 Å². The lowest BCUT2D eigenvalue weighted by Crippen LogP contribution is -2.50. The highest BCUT2D eigenvalue weighted by Crippen LogP contribution is 2.34. The molecule has 1 heterocycles. The van der Waals surface area contributed by atoms with E-state index in [2.05, 4.69) is 0 Å². The van der Waals surface area contributed by atoms with Crippen molar-refractivity contribution < 1.29 is 9.59 Å². The molecule has 4 heteroatoms. The molecule has 1 aliphatic carbocycles. The van der Waals surface area contributed by atoms with Crippen molar-refractivity contribution in [3.05, 3.63) is 11.6 Å². The summed E-state index contributed by atoms with van der Waals surface area (Å²) in [5, 5.41) is 0. The van der Waals surface area contributed by atoms with Crippen LogP contribution in [0.1, 0.15) is 32.1 Å². The summed E-state index contributed by atoms with van der Waals surface area (Å²) in [6.45, 7) is 6.13. The van der Waals surface area contributed by atoms with Gasteiger partial charge in [0.1, 0.15) is 0 Å². The minimum absolute atomic E-state index is 0.000988. The van der Waals surface area contributed by atoms with E-state index in [1.807, 2.05) is 19.6 Å². The van der Waals surface area contributed by atoms with Gasteiger partial charge in [-0.05, 0) is 18.8 Å². The van der Waals surface area contributed by atoms with Crippen LogP contribution >= 0.6 is 0 Å². The molecule has 1 saturated carbocycles. The Labute approximate surface area is 104 Å². The summed E-state index contributed by atoms with van der Waals surface area (Å²) in [6, 6.07) is 0. The van der Waals surface area contributed by atoms with Gasteiger partial charge in [-0.2, -0.15) is 0 Å². The number of hydrogen-bond acceptors (Lipinski definition) is 2. The molecule has 3 nitrogen and oxygen atoms in total. The maximum absolute atomic E-state index is 12.3. The molecule has 94 valence electrons. The Bertz CT molecular complexity index is 375. The van der Waals surface area contributed by atoms with Gasteiger partial charge < -0.3 is 4.57 Å². The smallest absolute Gasteiger partial charge is 0.249 e. The average molecular weight is 251 g/mol. The van der Waals surface area contributed by atoms with Crippen molar-refractivity contribution in [3.8, 4) is 0 Å². The van der Waals surface area contributed by atoms with E-state index in [9.17, 15) is 9.59 Å². The number of amides is 2. The molecule has 2 aliphatic rings. The van der Waals surface area contributed by atoms with E-state index in [-0.39, 0.29) is 11.8 Å². The van der Waals surface area contributed by atoms with Crippen LogP contribution in [0.3, 0.4) is 0 Å². The van der Waals surface area contributed by atoms with E-state index >= 15 is 0 Å². The van der Waals surface area contributed by atoms with Gasteiger partial charge >= 0.3 is 0 Å². The first-order chi connectivity index (χ1) is 7.91. The van der Waals surface area contributed by atoms with E-state index in [0.29, 0.717) is 5.92 Å². The molecular formula is C13H21NO2Si. The van der Waals surface area contributed by atoms with E-state index in [0.717, 1.165) is 18.4 Å². The summed E-state index contributed by atoms with van der Waals surface area (Å²) >= 11 is 0. The normalized spacial score (nSPS) is 23.2. The second-order valence-corrected chi connectivity index (χ2v) is 10.9. The van der Waals surface area contributed by atoms with Gasteiger partial charge in [0.25, 0.3) is 0 Å². The zero-order valence-electron chi connectivity index (χ0n) is 11.0. The number of nitrogens with zero attached hydrogens (tertiary/aromatic N) is 1. The summed E-state index contributed by atoms with van der Waals surface area (Å²) in [5.74, 6) is 0.261. The number of rotatable bonds is 2. The molecule has 0 bridgehead atoms. The van der Waals surface area contributed by atoms with Crippen molar-refractivity contribution in [2.75, 3.05) is 0 Å². The molecule has 0 radical (unpaired) electrons. The van der Waals surface area contributed by atoms with Crippen molar-refractivity contribution >= 4 is 20.0 Å². The van der Waals surface area contributed by atoms with Gasteiger partial charge in [-0.1, -0.05) is 38.9 Å². The molecule has 0 aromatic rings. The first-order valence-corrected chi connectivity index (χ1v) is 9.96. The summed E-state index contributed by atoms with van der Waals surface area (Å²) in [6.07, 6.45) is 7.40. The fraction of sp³-hybridized carbons (Fsp3) is 0.692. The van der Waals surface area contributed by atoms with Crippen molar-refractivity contribution in [1.82, 2.24) is 4.57 Å². The lowest BCUT2D eigenvalue weighted by Gasteiger charge is -2.29. The SMILES string of the molecule is C[Si](C)(C)N1C(=O)C=C(C2CCCCC2)C1=O. The van der Waals surface area contributed by atoms with Crippen molar-refractivity contribution in [2.24, 2.45) is 5.92 Å². The number of carbonyl (C=O) groups excluding carboxylic acids is 2. The van der Waals surface area contributed by atoms with Crippen LogP contribution in [0.25, 0.3) is 0 Å². The zero-order chi connectivity index (χ0) is 12.6. The van der Waals surface area contributed by atoms with Crippen LogP contribution in [0.2, 0.25) is 19.6 Å². The van der Waals surface area contributed by atoms with Crippen LogP contribution in [0.5, 0.6) is 0 Å². The predicted molar refractivity (Wildman–Crippen MR) is 69.9 cm³/mol. The van der Waals surface area contributed by atoms with Crippen LogP contribution in [0.4, 0.5) is 0 Å². The van der Waals surface area contributed by atoms with Gasteiger partial charge in [0.2, 0.25) is 11.8 Å². The van der Waals surface area contributed by atoms with Crippen LogP contribution in [-0.4, -0.2) is 24.6 Å². The first kappa shape index (κ1) is 12.6. The van der Waals surface area contributed by atoms with Crippen LogP contribution in [-0.2, 0) is 9.59 Å². The van der Waals surface area contributed by atoms with Crippen LogP contribution in [0.15, 0.2) is 11.6 Å². The topological polar surface area (TPSA) is 37.4 Å². The fourth-order valence-electron chi connectivity index (χ4n) is 2.83. The Balaban J connectivity index is 2.18. The Kier molecular flexibility index (Phi) is 3.25. The predicted octanol–water partition coefficient (Wildman–Crippen LogP) is 2.70. The largest absolute Gasteiger partial charge is 0.305 e. The second-order valence-electron chi connectivity index (χ2n) is 6.08. The lowest BCUT2D eigenvalue weighted by atomic mass is 9.84. The number of hydrogen-bond donors (Lipinski definition) is 0. The van der Waals surface area contributed by atoms with Gasteiger partial charge in [-0.15, -0.1) is 0 Å².